The summed E-state index contributed by atoms with van der Waals surface area (Å²) in [4.78, 5) is 63.1. The van der Waals surface area contributed by atoms with Crippen LogP contribution in [0.1, 0.15) is 0 Å². The Kier molecular flexibility index (Phi) is 12.4. The quantitative estimate of drug-likeness (QED) is 0.264. The Morgan fingerprint density at radius 1 is 0.548 bits per heavy atom. The van der Waals surface area contributed by atoms with Crippen molar-refractivity contribution in [2.45, 2.75) is 0 Å². The van der Waals surface area contributed by atoms with Gasteiger partial charge in [0.2, 0.25) is 0 Å². The summed E-state index contributed by atoms with van der Waals surface area (Å²) in [5.74, 6) is -3.09. The van der Waals surface area contributed by atoms with Gasteiger partial charge < -0.3 is 47.5 Å². The summed E-state index contributed by atoms with van der Waals surface area (Å²) in [6, 6.07) is 14.7. The van der Waals surface area contributed by atoms with Crippen LogP contribution in [0.25, 0.3) is 0 Å². The second-order valence-electron chi connectivity index (χ2n) is 5.54. The molecular formula is C14H14MoO12P4. The van der Waals surface area contributed by atoms with Crippen LogP contribution < -0.4 is 38.4 Å². The van der Waals surface area contributed by atoms with Gasteiger partial charge in [-0.3, -0.25) is 9.13 Å². The van der Waals surface area contributed by atoms with Crippen molar-refractivity contribution in [2.75, 3.05) is 11.8 Å². The van der Waals surface area contributed by atoms with Crippen LogP contribution in [0.3, 0.4) is 0 Å². The fraction of sp³-hybridized carbons (Fsp3) is 0.143. The third-order valence-corrected chi connectivity index (χ3v) is 9.19. The third-order valence-electron chi connectivity index (χ3n) is 2.67. The molecular weight excluding hydrogens is 580 g/mol. The third kappa shape index (κ3) is 15.8. The monoisotopic (exact) mass is 596 g/mol. The first kappa shape index (κ1) is 30.4. The first-order valence-electron chi connectivity index (χ1n) is 7.69. The summed E-state index contributed by atoms with van der Waals surface area (Å²) in [6.45, 7) is 0. The summed E-state index contributed by atoms with van der Waals surface area (Å²) in [6.07, 6.45) is 0. The minimum absolute atomic E-state index is 0. The Balaban J connectivity index is 0.000000562. The van der Waals surface area contributed by atoms with Gasteiger partial charge >= 0.3 is 21.1 Å². The molecule has 31 heavy (non-hydrogen) atoms. The molecule has 2 aromatic rings. The summed E-state index contributed by atoms with van der Waals surface area (Å²) in [5.41, 5.74) is 0. The molecule has 0 amide bonds. The molecule has 0 aliphatic rings. The van der Waals surface area contributed by atoms with Crippen molar-refractivity contribution in [3.63, 3.8) is 0 Å². The van der Waals surface area contributed by atoms with E-state index in [1.54, 1.807) is 12.1 Å². The molecule has 0 bridgehead atoms. The molecule has 17 heteroatoms. The predicted molar refractivity (Wildman–Crippen MR) is 94.3 cm³/mol. The van der Waals surface area contributed by atoms with Crippen molar-refractivity contribution < 1.29 is 77.7 Å². The largest absolute Gasteiger partial charge is 6.00 e. The van der Waals surface area contributed by atoms with Crippen LogP contribution >= 0.6 is 30.4 Å². The van der Waals surface area contributed by atoms with E-state index >= 15 is 0 Å². The van der Waals surface area contributed by atoms with E-state index < -0.39 is 42.2 Å². The molecule has 0 aliphatic carbocycles. The van der Waals surface area contributed by atoms with Crippen molar-refractivity contribution in [3.8, 4) is 11.5 Å². The van der Waals surface area contributed by atoms with Gasteiger partial charge in [-0.05, 0) is 24.3 Å². The van der Waals surface area contributed by atoms with Crippen molar-refractivity contribution in [1.29, 1.82) is 0 Å². The molecule has 168 valence electrons. The fourth-order valence-electron chi connectivity index (χ4n) is 1.77. The molecule has 0 spiro atoms. The number of hydrogen-bond acceptors (Lipinski definition) is 12. The predicted octanol–water partition coefficient (Wildman–Crippen LogP) is -1.02. The minimum atomic E-state index is -5.12. The molecule has 0 aromatic heterocycles. The van der Waals surface area contributed by atoms with Crippen molar-refractivity contribution in [3.05, 3.63) is 60.7 Å². The van der Waals surface area contributed by atoms with E-state index in [2.05, 4.69) is 9.05 Å². The summed E-state index contributed by atoms with van der Waals surface area (Å²) in [5, 5.41) is 0. The Morgan fingerprint density at radius 3 is 1.03 bits per heavy atom. The minimum Gasteiger partial charge on any atom is -0.810 e. The molecule has 2 rings (SSSR count). The SMILES string of the molecule is O=P([O-])([O-])CP(=O)([O-])Oc1ccccc1.O=P([O-])([O-])CP(=O)([O-])Oc1ccccc1.[Mo+6]. The van der Waals surface area contributed by atoms with E-state index in [0.29, 0.717) is 0 Å². The number of hydrogen-bond donors (Lipinski definition) is 0. The molecule has 0 radical (unpaired) electrons. The van der Waals surface area contributed by atoms with Crippen LogP contribution in [0.2, 0.25) is 0 Å². The molecule has 12 nitrogen and oxygen atoms in total. The number of benzene rings is 2. The van der Waals surface area contributed by atoms with Crippen molar-refractivity contribution in [1.82, 2.24) is 0 Å². The maximum absolute atomic E-state index is 11.0. The van der Waals surface area contributed by atoms with Gasteiger partial charge in [-0.25, -0.2) is 0 Å². The Bertz CT molecular complexity index is 909. The zero-order valence-corrected chi connectivity index (χ0v) is 20.9. The van der Waals surface area contributed by atoms with Crippen LogP contribution in [0, 0.1) is 0 Å². The Morgan fingerprint density at radius 2 is 0.806 bits per heavy atom. The summed E-state index contributed by atoms with van der Waals surface area (Å²) >= 11 is 0. The molecule has 0 N–H and O–H groups in total. The van der Waals surface area contributed by atoms with Gasteiger partial charge in [-0.1, -0.05) is 51.6 Å². The van der Waals surface area contributed by atoms with E-state index in [9.17, 15) is 47.6 Å². The van der Waals surface area contributed by atoms with E-state index in [0.717, 1.165) is 0 Å². The molecule has 0 saturated heterocycles. The second kappa shape index (κ2) is 12.6. The standard InChI is InChI=1S/2C7H10O6P2.Mo/c2*8-14(9,10)6-15(11,12)13-7-4-2-1-3-5-7;/h2*1-5H,6H2,(H,11,12)(H2,8,9,10);/q;;+6/p-6. The van der Waals surface area contributed by atoms with Crippen LogP contribution in [-0.2, 0) is 39.3 Å². The van der Waals surface area contributed by atoms with E-state index in [-0.39, 0.29) is 32.6 Å². The van der Waals surface area contributed by atoms with Gasteiger partial charge in [-0.2, -0.15) is 0 Å². The van der Waals surface area contributed by atoms with Crippen molar-refractivity contribution in [2.24, 2.45) is 0 Å². The van der Waals surface area contributed by atoms with Gasteiger partial charge in [0.15, 0.2) is 15.2 Å². The molecule has 2 unspecified atom stereocenters. The normalized spacial score (nSPS) is 15.2. The average molecular weight is 594 g/mol. The summed E-state index contributed by atoms with van der Waals surface area (Å²) < 4.78 is 51.4. The fourth-order valence-corrected chi connectivity index (χ4v) is 6.51. The molecule has 0 fully saturated rings. The topological polar surface area (TPSA) is 225 Å². The van der Waals surface area contributed by atoms with E-state index in [1.807, 2.05) is 0 Å². The zero-order chi connectivity index (χ0) is 23.1. The van der Waals surface area contributed by atoms with Crippen LogP contribution in [0.4, 0.5) is 0 Å². The smallest absolute Gasteiger partial charge is 0.810 e. The molecule has 0 aliphatic heterocycles. The summed E-state index contributed by atoms with van der Waals surface area (Å²) in [7, 11) is -19.6. The van der Waals surface area contributed by atoms with Gasteiger partial charge in [0.1, 0.15) is 11.5 Å². The average Bonchev–Trinajstić information content (AvgIpc) is 2.51. The molecule has 0 saturated carbocycles. The maximum atomic E-state index is 11.0. The van der Waals surface area contributed by atoms with Gasteiger partial charge in [0.25, 0.3) is 0 Å². The number of rotatable bonds is 8. The Hall–Kier alpha value is -0.592. The van der Waals surface area contributed by atoms with Gasteiger partial charge in [-0.15, -0.1) is 0 Å². The molecule has 2 aromatic carbocycles. The van der Waals surface area contributed by atoms with Crippen LogP contribution in [0.15, 0.2) is 60.7 Å². The van der Waals surface area contributed by atoms with Crippen LogP contribution in [-0.4, -0.2) is 11.8 Å². The van der Waals surface area contributed by atoms with E-state index in [1.165, 1.54) is 48.5 Å². The first-order chi connectivity index (χ1) is 13.6. The maximum Gasteiger partial charge on any atom is 6.00 e. The second-order valence-corrected chi connectivity index (χ2v) is 13.1. The van der Waals surface area contributed by atoms with Gasteiger partial charge in [0.05, 0.1) is 11.8 Å². The van der Waals surface area contributed by atoms with E-state index in [4.69, 9.17) is 0 Å². The van der Waals surface area contributed by atoms with Crippen LogP contribution in [0.5, 0.6) is 11.5 Å². The molecule has 0 heterocycles. The zero-order valence-electron chi connectivity index (χ0n) is 15.3. The number of para-hydroxylation sites is 2. The van der Waals surface area contributed by atoms with Crippen molar-refractivity contribution >= 4 is 30.4 Å². The van der Waals surface area contributed by atoms with Gasteiger partial charge in [0, 0.05) is 0 Å². The Labute approximate surface area is 191 Å². The molecule has 2 atom stereocenters. The first-order valence-corrected chi connectivity index (χ1v) is 14.6.